The zero-order chi connectivity index (χ0) is 13.6. The molecule has 1 aromatic rings. The summed E-state index contributed by atoms with van der Waals surface area (Å²) < 4.78 is 6.08. The molecule has 0 unspecified atom stereocenters. The number of hydrogen-bond donors (Lipinski definition) is 0. The third kappa shape index (κ3) is 2.06. The van der Waals surface area contributed by atoms with Crippen LogP contribution in [0.1, 0.15) is 38.8 Å². The summed E-state index contributed by atoms with van der Waals surface area (Å²) in [5.74, 6) is 1.02. The molecule has 2 heterocycles. The van der Waals surface area contributed by atoms with Crippen molar-refractivity contribution < 1.29 is 9.53 Å². The fourth-order valence-electron chi connectivity index (χ4n) is 3.29. The molecule has 19 heavy (non-hydrogen) atoms. The zero-order valence-corrected chi connectivity index (χ0v) is 11.8. The number of aldehydes is 1. The van der Waals surface area contributed by atoms with E-state index in [9.17, 15) is 4.79 Å². The molecule has 3 atom stereocenters. The van der Waals surface area contributed by atoms with E-state index in [1.165, 1.54) is 5.56 Å². The molecule has 3 nitrogen and oxygen atoms in total. The van der Waals surface area contributed by atoms with Gasteiger partial charge in [-0.3, -0.25) is 4.90 Å². The molecule has 0 spiro atoms. The van der Waals surface area contributed by atoms with Crippen molar-refractivity contribution in [3.05, 3.63) is 29.8 Å². The van der Waals surface area contributed by atoms with Crippen LogP contribution < -0.4 is 4.74 Å². The summed E-state index contributed by atoms with van der Waals surface area (Å²) in [5.41, 5.74) is 0.963. The van der Waals surface area contributed by atoms with Gasteiger partial charge in [-0.15, -0.1) is 0 Å². The van der Waals surface area contributed by atoms with Crippen LogP contribution in [0, 0.1) is 5.41 Å². The molecule has 1 aromatic carbocycles. The highest BCUT2D eigenvalue weighted by atomic mass is 16.5. The Bertz CT molecular complexity index is 497. The quantitative estimate of drug-likeness (QED) is 0.782. The number of benzene rings is 1. The Morgan fingerprint density at radius 3 is 2.89 bits per heavy atom. The second-order valence-corrected chi connectivity index (χ2v) is 6.46. The smallest absolute Gasteiger partial charge is 0.126 e. The van der Waals surface area contributed by atoms with E-state index in [1.54, 1.807) is 0 Å². The van der Waals surface area contributed by atoms with Gasteiger partial charge in [-0.25, -0.2) is 0 Å². The van der Waals surface area contributed by atoms with Gasteiger partial charge in [-0.1, -0.05) is 32.0 Å². The van der Waals surface area contributed by atoms with Crippen LogP contribution in [0.15, 0.2) is 24.3 Å². The van der Waals surface area contributed by atoms with E-state index in [0.717, 1.165) is 25.0 Å². The summed E-state index contributed by atoms with van der Waals surface area (Å²) in [6, 6.07) is 9.04. The van der Waals surface area contributed by atoms with Crippen LogP contribution in [0.5, 0.6) is 5.75 Å². The topological polar surface area (TPSA) is 29.5 Å². The number of fused-ring (bicyclic) bond motifs is 4. The summed E-state index contributed by atoms with van der Waals surface area (Å²) in [7, 11) is 0. The molecule has 0 N–H and O–H groups in total. The van der Waals surface area contributed by atoms with E-state index < -0.39 is 0 Å². The average molecular weight is 259 g/mol. The molecule has 0 aliphatic carbocycles. The number of nitrogens with zero attached hydrogens (tertiary/aromatic N) is 1. The average Bonchev–Trinajstić information content (AvgIpc) is 2.65. The van der Waals surface area contributed by atoms with Crippen LogP contribution in [-0.2, 0) is 4.79 Å². The van der Waals surface area contributed by atoms with Gasteiger partial charge in [0.2, 0.25) is 0 Å². The van der Waals surface area contributed by atoms with E-state index in [2.05, 4.69) is 30.0 Å². The SMILES string of the molecule is C[C@@H]1[C@@H]2C[C@@H](c3ccccc3O2)N1CC(C)(C)C=O. The minimum atomic E-state index is -0.305. The number of rotatable bonds is 3. The number of likely N-dealkylation sites (tertiary alicyclic amines) is 1. The molecule has 3 heteroatoms. The predicted molar refractivity (Wildman–Crippen MR) is 74.2 cm³/mol. The van der Waals surface area contributed by atoms with Crippen molar-refractivity contribution in [2.24, 2.45) is 5.41 Å². The van der Waals surface area contributed by atoms with E-state index in [1.807, 2.05) is 19.9 Å². The van der Waals surface area contributed by atoms with Crippen molar-refractivity contribution in [2.45, 2.75) is 45.4 Å². The second-order valence-electron chi connectivity index (χ2n) is 6.46. The molecule has 2 aliphatic heterocycles. The first-order valence-electron chi connectivity index (χ1n) is 6.99. The van der Waals surface area contributed by atoms with Gasteiger partial charge in [0.15, 0.2) is 0 Å². The monoisotopic (exact) mass is 259 g/mol. The van der Waals surface area contributed by atoms with Crippen LogP contribution in [0.25, 0.3) is 0 Å². The number of para-hydroxylation sites is 1. The number of ether oxygens (including phenoxy) is 1. The lowest BCUT2D eigenvalue weighted by molar-refractivity contribution is -0.116. The van der Waals surface area contributed by atoms with Crippen LogP contribution in [0.4, 0.5) is 0 Å². The van der Waals surface area contributed by atoms with E-state index in [4.69, 9.17) is 4.74 Å². The molecule has 0 aromatic heterocycles. The van der Waals surface area contributed by atoms with Crippen molar-refractivity contribution in [2.75, 3.05) is 6.54 Å². The Hall–Kier alpha value is -1.35. The Morgan fingerprint density at radius 1 is 1.42 bits per heavy atom. The van der Waals surface area contributed by atoms with Crippen LogP contribution in [-0.4, -0.2) is 29.9 Å². The van der Waals surface area contributed by atoms with Gasteiger partial charge in [0.25, 0.3) is 0 Å². The van der Waals surface area contributed by atoms with Crippen LogP contribution in [0.3, 0.4) is 0 Å². The second kappa shape index (κ2) is 4.34. The van der Waals surface area contributed by atoms with Gasteiger partial charge in [0, 0.05) is 36.0 Å². The van der Waals surface area contributed by atoms with E-state index in [-0.39, 0.29) is 11.5 Å². The molecule has 1 saturated heterocycles. The summed E-state index contributed by atoms with van der Waals surface area (Å²) in [6.45, 7) is 7.00. The van der Waals surface area contributed by atoms with Gasteiger partial charge in [-0.05, 0) is 13.0 Å². The van der Waals surface area contributed by atoms with Crippen LogP contribution in [0.2, 0.25) is 0 Å². The predicted octanol–water partition coefficient (Wildman–Crippen LogP) is 2.81. The van der Waals surface area contributed by atoms with Crippen molar-refractivity contribution in [1.29, 1.82) is 0 Å². The summed E-state index contributed by atoms with van der Waals surface area (Å²) in [5, 5.41) is 0. The molecule has 1 fully saturated rings. The third-order valence-electron chi connectivity index (χ3n) is 4.38. The number of carbonyl (C=O) groups excluding carboxylic acids is 1. The molecule has 0 saturated carbocycles. The Balaban J connectivity index is 1.93. The molecule has 0 amide bonds. The van der Waals surface area contributed by atoms with E-state index >= 15 is 0 Å². The first-order valence-corrected chi connectivity index (χ1v) is 6.99. The molecular weight excluding hydrogens is 238 g/mol. The lowest BCUT2D eigenvalue weighted by Gasteiger charge is -2.32. The number of hydrogen-bond acceptors (Lipinski definition) is 3. The van der Waals surface area contributed by atoms with Crippen molar-refractivity contribution in [1.82, 2.24) is 4.90 Å². The van der Waals surface area contributed by atoms with Crippen molar-refractivity contribution in [3.8, 4) is 5.75 Å². The van der Waals surface area contributed by atoms with E-state index in [0.29, 0.717) is 12.1 Å². The Labute approximate surface area is 114 Å². The summed E-state index contributed by atoms with van der Waals surface area (Å²) in [6.07, 6.45) is 2.35. The number of carbonyl (C=O) groups is 1. The standard InChI is InChI=1S/C16H21NO2/c1-11-15-8-13(17(11)9-16(2,3)10-18)12-6-4-5-7-14(12)19-15/h4-7,10-11,13,15H,8-9H2,1-3H3/t11-,13+,15+/m1/s1. The molecular formula is C16H21NO2. The zero-order valence-electron chi connectivity index (χ0n) is 11.8. The van der Waals surface area contributed by atoms with Gasteiger partial charge in [0.1, 0.15) is 18.1 Å². The normalized spacial score (nSPS) is 29.7. The fraction of sp³-hybridized carbons (Fsp3) is 0.562. The summed E-state index contributed by atoms with van der Waals surface area (Å²) >= 11 is 0. The van der Waals surface area contributed by atoms with Gasteiger partial charge in [0.05, 0.1) is 0 Å². The van der Waals surface area contributed by atoms with Gasteiger partial charge in [-0.2, -0.15) is 0 Å². The van der Waals surface area contributed by atoms with Crippen LogP contribution >= 0.6 is 0 Å². The maximum absolute atomic E-state index is 11.2. The van der Waals surface area contributed by atoms with Crippen molar-refractivity contribution in [3.63, 3.8) is 0 Å². The van der Waals surface area contributed by atoms with Gasteiger partial charge < -0.3 is 9.53 Å². The maximum atomic E-state index is 11.2. The Morgan fingerprint density at radius 2 is 2.16 bits per heavy atom. The highest BCUT2D eigenvalue weighted by molar-refractivity contribution is 5.58. The lowest BCUT2D eigenvalue weighted by atomic mass is 9.93. The molecule has 2 aliphatic rings. The molecule has 102 valence electrons. The largest absolute Gasteiger partial charge is 0.488 e. The molecule has 2 bridgehead atoms. The first-order chi connectivity index (χ1) is 9.02. The fourth-order valence-corrected chi connectivity index (χ4v) is 3.29. The first kappa shape index (κ1) is 12.7. The van der Waals surface area contributed by atoms with Gasteiger partial charge >= 0.3 is 0 Å². The minimum Gasteiger partial charge on any atom is -0.488 e. The highest BCUT2D eigenvalue weighted by Crippen LogP contribution is 2.46. The third-order valence-corrected chi connectivity index (χ3v) is 4.38. The summed E-state index contributed by atoms with van der Waals surface area (Å²) in [4.78, 5) is 13.6. The van der Waals surface area contributed by atoms with Crippen molar-refractivity contribution >= 4 is 6.29 Å². The minimum absolute atomic E-state index is 0.252. The Kier molecular flexibility index (Phi) is 2.90. The maximum Gasteiger partial charge on any atom is 0.126 e. The lowest BCUT2D eigenvalue weighted by Crippen LogP contribution is -2.40. The highest BCUT2D eigenvalue weighted by Gasteiger charge is 2.46. The molecule has 0 radical (unpaired) electrons. The molecule has 3 rings (SSSR count).